The van der Waals surface area contributed by atoms with Crippen molar-refractivity contribution in [3.05, 3.63) is 47.5 Å². The van der Waals surface area contributed by atoms with Crippen LogP contribution in [0.5, 0.6) is 5.75 Å². The molecule has 1 atom stereocenters. The van der Waals surface area contributed by atoms with Gasteiger partial charge in [0.15, 0.2) is 0 Å². The van der Waals surface area contributed by atoms with Crippen LogP contribution in [0.25, 0.3) is 0 Å². The van der Waals surface area contributed by atoms with Gasteiger partial charge in [-0.3, -0.25) is 5.10 Å². The van der Waals surface area contributed by atoms with E-state index >= 15 is 0 Å². The Kier molecular flexibility index (Phi) is 2.87. The van der Waals surface area contributed by atoms with Crippen molar-refractivity contribution in [2.45, 2.75) is 6.04 Å². The van der Waals surface area contributed by atoms with E-state index in [1.165, 1.54) is 13.2 Å². The Morgan fingerprint density at radius 2 is 2.31 bits per heavy atom. The average Bonchev–Trinajstić information content (AvgIpc) is 2.81. The molecule has 2 aromatic rings. The van der Waals surface area contributed by atoms with E-state index in [2.05, 4.69) is 10.2 Å². The number of aromatic amines is 1. The van der Waals surface area contributed by atoms with E-state index < -0.39 is 6.04 Å². The maximum Gasteiger partial charge on any atom is 0.132 e. The number of hydrogen-bond donors (Lipinski definition) is 2. The quantitative estimate of drug-likeness (QED) is 0.827. The lowest BCUT2D eigenvalue weighted by Crippen LogP contribution is -2.12. The molecule has 0 radical (unpaired) electrons. The molecule has 5 heteroatoms. The number of nitrogens with zero attached hydrogens (tertiary/aromatic N) is 1. The van der Waals surface area contributed by atoms with Gasteiger partial charge >= 0.3 is 0 Å². The number of hydrogen-bond acceptors (Lipinski definition) is 3. The smallest absolute Gasteiger partial charge is 0.132 e. The number of nitrogens with two attached hydrogens (primary N) is 1. The molecule has 0 aliphatic carbocycles. The Hall–Kier alpha value is -1.88. The highest BCUT2D eigenvalue weighted by Crippen LogP contribution is 2.24. The zero-order valence-electron chi connectivity index (χ0n) is 8.77. The lowest BCUT2D eigenvalue weighted by atomic mass is 10.0. The Labute approximate surface area is 92.2 Å². The molecule has 0 fully saturated rings. The van der Waals surface area contributed by atoms with E-state index in [0.29, 0.717) is 11.3 Å². The summed E-state index contributed by atoms with van der Waals surface area (Å²) < 4.78 is 18.6. The summed E-state index contributed by atoms with van der Waals surface area (Å²) in [7, 11) is 1.49. The first-order chi connectivity index (χ1) is 7.72. The third-order valence-corrected chi connectivity index (χ3v) is 2.42. The minimum absolute atomic E-state index is 0.381. The molecule has 0 bridgehead atoms. The summed E-state index contributed by atoms with van der Waals surface area (Å²) >= 11 is 0. The molecule has 1 unspecified atom stereocenters. The van der Waals surface area contributed by atoms with Crippen LogP contribution in [0.1, 0.15) is 17.2 Å². The molecule has 0 saturated heterocycles. The number of nitrogens with one attached hydrogen (secondary N) is 1. The number of methoxy groups -OCH3 is 1. The van der Waals surface area contributed by atoms with Crippen molar-refractivity contribution >= 4 is 0 Å². The highest BCUT2D eigenvalue weighted by atomic mass is 19.1. The standard InChI is InChI=1S/C11H12FN3O/c1-16-8-2-3-9(10(12)4-8)11(13)7-5-14-15-6-7/h2-6,11H,13H2,1H3,(H,14,15). The largest absolute Gasteiger partial charge is 0.497 e. The van der Waals surface area contributed by atoms with Crippen LogP contribution in [-0.2, 0) is 0 Å². The Bertz CT molecular complexity index is 470. The van der Waals surface area contributed by atoms with Crippen LogP contribution >= 0.6 is 0 Å². The third kappa shape index (κ3) is 1.90. The maximum absolute atomic E-state index is 13.7. The van der Waals surface area contributed by atoms with E-state index in [4.69, 9.17) is 10.5 Å². The highest BCUT2D eigenvalue weighted by molar-refractivity contribution is 5.34. The first-order valence-corrected chi connectivity index (χ1v) is 4.80. The van der Waals surface area contributed by atoms with Crippen molar-refractivity contribution in [2.24, 2.45) is 5.73 Å². The van der Waals surface area contributed by atoms with Gasteiger partial charge in [-0.05, 0) is 6.07 Å². The fourth-order valence-corrected chi connectivity index (χ4v) is 1.50. The van der Waals surface area contributed by atoms with Crippen molar-refractivity contribution < 1.29 is 9.13 Å². The Morgan fingerprint density at radius 3 is 2.88 bits per heavy atom. The SMILES string of the molecule is COc1ccc(C(N)c2cn[nH]c2)c(F)c1. The molecule has 0 spiro atoms. The number of aromatic nitrogens is 2. The molecular weight excluding hydrogens is 209 g/mol. The number of ether oxygens (including phenoxy) is 1. The number of benzene rings is 1. The zero-order valence-corrected chi connectivity index (χ0v) is 8.77. The second-order valence-electron chi connectivity index (χ2n) is 3.40. The monoisotopic (exact) mass is 221 g/mol. The fraction of sp³-hybridized carbons (Fsp3) is 0.182. The first kappa shape index (κ1) is 10.6. The predicted molar refractivity (Wildman–Crippen MR) is 57.6 cm³/mol. The van der Waals surface area contributed by atoms with Crippen LogP contribution < -0.4 is 10.5 Å². The molecular formula is C11H12FN3O. The Morgan fingerprint density at radius 1 is 1.50 bits per heavy atom. The van der Waals surface area contributed by atoms with E-state index in [1.54, 1.807) is 24.5 Å². The van der Waals surface area contributed by atoms with Gasteiger partial charge in [0.25, 0.3) is 0 Å². The lowest BCUT2D eigenvalue weighted by Gasteiger charge is -2.11. The van der Waals surface area contributed by atoms with E-state index in [0.717, 1.165) is 5.56 Å². The van der Waals surface area contributed by atoms with Gasteiger partial charge in [0.2, 0.25) is 0 Å². The van der Waals surface area contributed by atoms with Crippen molar-refractivity contribution in [2.75, 3.05) is 7.11 Å². The van der Waals surface area contributed by atoms with Crippen LogP contribution in [0.4, 0.5) is 4.39 Å². The average molecular weight is 221 g/mol. The van der Waals surface area contributed by atoms with Gasteiger partial charge in [-0.15, -0.1) is 0 Å². The topological polar surface area (TPSA) is 63.9 Å². The molecule has 84 valence electrons. The molecule has 1 aromatic heterocycles. The van der Waals surface area contributed by atoms with Crippen molar-refractivity contribution in [3.8, 4) is 5.75 Å². The van der Waals surface area contributed by atoms with Crippen LogP contribution in [0, 0.1) is 5.82 Å². The van der Waals surface area contributed by atoms with Gasteiger partial charge in [0.05, 0.1) is 19.3 Å². The van der Waals surface area contributed by atoms with Crippen LogP contribution in [0.3, 0.4) is 0 Å². The van der Waals surface area contributed by atoms with Crippen molar-refractivity contribution in [1.29, 1.82) is 0 Å². The minimum Gasteiger partial charge on any atom is -0.497 e. The third-order valence-electron chi connectivity index (χ3n) is 2.42. The molecule has 0 saturated carbocycles. The molecule has 0 aliphatic rings. The summed E-state index contributed by atoms with van der Waals surface area (Å²) in [5, 5.41) is 6.43. The summed E-state index contributed by atoms with van der Waals surface area (Å²) in [6.07, 6.45) is 3.22. The number of halogens is 1. The predicted octanol–water partition coefficient (Wildman–Crippen LogP) is 1.61. The summed E-state index contributed by atoms with van der Waals surface area (Å²) in [4.78, 5) is 0. The van der Waals surface area contributed by atoms with E-state index in [9.17, 15) is 4.39 Å². The minimum atomic E-state index is -0.523. The molecule has 2 rings (SSSR count). The van der Waals surface area contributed by atoms with Gasteiger partial charge in [-0.25, -0.2) is 4.39 Å². The van der Waals surface area contributed by atoms with Gasteiger partial charge < -0.3 is 10.5 Å². The van der Waals surface area contributed by atoms with E-state index in [-0.39, 0.29) is 5.82 Å². The van der Waals surface area contributed by atoms with Gasteiger partial charge in [-0.1, -0.05) is 6.07 Å². The molecule has 1 heterocycles. The van der Waals surface area contributed by atoms with Crippen LogP contribution in [0.2, 0.25) is 0 Å². The van der Waals surface area contributed by atoms with Crippen molar-refractivity contribution in [1.82, 2.24) is 10.2 Å². The summed E-state index contributed by atoms with van der Waals surface area (Å²) in [6, 6.07) is 4.09. The lowest BCUT2D eigenvalue weighted by molar-refractivity contribution is 0.410. The summed E-state index contributed by atoms with van der Waals surface area (Å²) in [6.45, 7) is 0. The Balaban J connectivity index is 2.34. The first-order valence-electron chi connectivity index (χ1n) is 4.80. The second kappa shape index (κ2) is 4.32. The number of rotatable bonds is 3. The normalized spacial score (nSPS) is 12.4. The molecule has 4 nitrogen and oxygen atoms in total. The molecule has 16 heavy (non-hydrogen) atoms. The van der Waals surface area contributed by atoms with E-state index in [1.807, 2.05) is 0 Å². The molecule has 3 N–H and O–H groups in total. The van der Waals surface area contributed by atoms with Gasteiger partial charge in [0.1, 0.15) is 11.6 Å². The highest BCUT2D eigenvalue weighted by Gasteiger charge is 2.14. The maximum atomic E-state index is 13.7. The van der Waals surface area contributed by atoms with Gasteiger partial charge in [0, 0.05) is 23.4 Å². The van der Waals surface area contributed by atoms with Crippen molar-refractivity contribution in [3.63, 3.8) is 0 Å². The van der Waals surface area contributed by atoms with Crippen LogP contribution in [-0.4, -0.2) is 17.3 Å². The summed E-state index contributed by atoms with van der Waals surface area (Å²) in [5.41, 5.74) is 7.07. The zero-order chi connectivity index (χ0) is 11.5. The van der Waals surface area contributed by atoms with Gasteiger partial charge in [-0.2, -0.15) is 5.10 Å². The second-order valence-corrected chi connectivity index (χ2v) is 3.40. The molecule has 0 amide bonds. The van der Waals surface area contributed by atoms with Crippen LogP contribution in [0.15, 0.2) is 30.6 Å². The number of H-pyrrole nitrogens is 1. The fourth-order valence-electron chi connectivity index (χ4n) is 1.50. The molecule has 0 aliphatic heterocycles. The molecule has 1 aromatic carbocycles. The summed E-state index contributed by atoms with van der Waals surface area (Å²) in [5.74, 6) is 0.0914.